The van der Waals surface area contributed by atoms with E-state index in [0.29, 0.717) is 4.88 Å². The monoisotopic (exact) mass is 403 g/mol. The lowest BCUT2D eigenvalue weighted by atomic mass is 10.2. The van der Waals surface area contributed by atoms with E-state index in [4.69, 9.17) is 0 Å². The van der Waals surface area contributed by atoms with Crippen molar-refractivity contribution in [3.63, 3.8) is 0 Å². The van der Waals surface area contributed by atoms with Crippen LogP contribution in [0.4, 0.5) is 4.39 Å². The zero-order valence-electron chi connectivity index (χ0n) is 14.1. The van der Waals surface area contributed by atoms with Crippen LogP contribution in [-0.4, -0.2) is 18.9 Å². The lowest BCUT2D eigenvalue weighted by molar-refractivity contribution is 0.0949. The summed E-state index contributed by atoms with van der Waals surface area (Å²) >= 11 is 1.27. The Kier molecular flexibility index (Phi) is 4.22. The molecule has 138 valence electrons. The number of hydrogen-bond donors (Lipinski definition) is 2. The van der Waals surface area contributed by atoms with Gasteiger partial charge < -0.3 is 4.57 Å². The third-order valence-corrected chi connectivity index (χ3v) is 6.69. The van der Waals surface area contributed by atoms with E-state index in [-0.39, 0.29) is 4.90 Å². The Balaban J connectivity index is 1.58. The summed E-state index contributed by atoms with van der Waals surface area (Å²) in [6.07, 6.45) is 0. The average Bonchev–Trinajstić information content (AvgIpc) is 3.20. The minimum atomic E-state index is -3.99. The van der Waals surface area contributed by atoms with Crippen LogP contribution in [-0.2, 0) is 17.1 Å². The van der Waals surface area contributed by atoms with Crippen molar-refractivity contribution in [2.45, 2.75) is 4.90 Å². The summed E-state index contributed by atoms with van der Waals surface area (Å²) in [6, 6.07) is 13.9. The molecule has 4 rings (SSSR count). The number of rotatable bonds is 4. The summed E-state index contributed by atoms with van der Waals surface area (Å²) in [7, 11) is -2.07. The van der Waals surface area contributed by atoms with Crippen molar-refractivity contribution >= 4 is 48.4 Å². The maximum Gasteiger partial charge on any atom is 0.276 e. The predicted octanol–water partition coefficient (Wildman–Crippen LogP) is 3.16. The predicted molar refractivity (Wildman–Crippen MR) is 102 cm³/mol. The number of nitrogens with one attached hydrogen (secondary N) is 2. The minimum absolute atomic E-state index is 0.147. The van der Waals surface area contributed by atoms with Crippen molar-refractivity contribution < 1.29 is 17.6 Å². The van der Waals surface area contributed by atoms with Crippen LogP contribution in [0, 0.1) is 5.82 Å². The second-order valence-electron chi connectivity index (χ2n) is 5.92. The number of hydrogen-bond acceptors (Lipinski definition) is 4. The standard InChI is InChI=1S/C18H14FN3O3S2/c1-22-15-5-3-2-4-13(15)14-10-16(26-18(14)22)17(23)20-21-27(24,25)12-8-6-11(19)7-9-12/h2-10,21H,1H3,(H,20,23). The first-order valence-electron chi connectivity index (χ1n) is 7.91. The van der Waals surface area contributed by atoms with Crippen molar-refractivity contribution in [3.8, 4) is 0 Å². The molecule has 0 radical (unpaired) electrons. The number of carbonyl (C=O) groups is 1. The largest absolute Gasteiger partial charge is 0.335 e. The Morgan fingerprint density at radius 1 is 1.07 bits per heavy atom. The van der Waals surface area contributed by atoms with Crippen LogP contribution in [0.3, 0.4) is 0 Å². The van der Waals surface area contributed by atoms with Gasteiger partial charge in [0.25, 0.3) is 15.9 Å². The molecule has 0 fully saturated rings. The SMILES string of the molecule is Cn1c2ccccc2c2cc(C(=O)NNS(=O)(=O)c3ccc(F)cc3)sc21. The molecule has 2 aromatic heterocycles. The van der Waals surface area contributed by atoms with E-state index in [1.165, 1.54) is 11.3 Å². The normalized spacial score (nSPS) is 11.9. The van der Waals surface area contributed by atoms with Gasteiger partial charge in [0, 0.05) is 23.3 Å². The zero-order chi connectivity index (χ0) is 19.2. The first kappa shape index (κ1) is 17.7. The Morgan fingerprint density at radius 3 is 2.52 bits per heavy atom. The number of benzene rings is 2. The van der Waals surface area contributed by atoms with E-state index in [0.717, 1.165) is 45.4 Å². The number of aromatic nitrogens is 1. The van der Waals surface area contributed by atoms with Gasteiger partial charge in [-0.2, -0.15) is 0 Å². The summed E-state index contributed by atoms with van der Waals surface area (Å²) in [5.74, 6) is -1.11. The van der Waals surface area contributed by atoms with Gasteiger partial charge in [-0.05, 0) is 36.4 Å². The third kappa shape index (κ3) is 3.09. The molecule has 0 spiro atoms. The highest BCUT2D eigenvalue weighted by Crippen LogP contribution is 2.34. The van der Waals surface area contributed by atoms with Gasteiger partial charge in [0.1, 0.15) is 10.6 Å². The fourth-order valence-electron chi connectivity index (χ4n) is 2.89. The van der Waals surface area contributed by atoms with Crippen molar-refractivity contribution in [1.82, 2.24) is 14.8 Å². The smallest absolute Gasteiger partial charge is 0.276 e. The first-order valence-corrected chi connectivity index (χ1v) is 10.2. The molecule has 0 aliphatic carbocycles. The summed E-state index contributed by atoms with van der Waals surface area (Å²) < 4.78 is 39.3. The van der Waals surface area contributed by atoms with Crippen LogP contribution >= 0.6 is 11.3 Å². The molecule has 0 saturated carbocycles. The molecule has 4 aromatic rings. The highest BCUT2D eigenvalue weighted by molar-refractivity contribution is 7.89. The Morgan fingerprint density at radius 2 is 1.78 bits per heavy atom. The molecular formula is C18H14FN3O3S2. The Bertz CT molecular complexity index is 1270. The zero-order valence-corrected chi connectivity index (χ0v) is 15.7. The van der Waals surface area contributed by atoms with E-state index in [1.807, 2.05) is 40.7 Å². The Labute approximate surface area is 158 Å². The molecular weight excluding hydrogens is 389 g/mol. The van der Waals surface area contributed by atoms with Gasteiger partial charge in [-0.25, -0.2) is 12.8 Å². The lowest BCUT2D eigenvalue weighted by Gasteiger charge is -2.07. The molecule has 6 nitrogen and oxygen atoms in total. The molecule has 0 saturated heterocycles. The maximum atomic E-state index is 12.9. The number of carbonyl (C=O) groups excluding carboxylic acids is 1. The highest BCUT2D eigenvalue weighted by atomic mass is 32.2. The van der Waals surface area contributed by atoms with E-state index < -0.39 is 21.7 Å². The topological polar surface area (TPSA) is 80.2 Å². The molecule has 2 heterocycles. The van der Waals surface area contributed by atoms with Crippen molar-refractivity contribution in [3.05, 3.63) is 65.3 Å². The van der Waals surface area contributed by atoms with Gasteiger partial charge in [-0.15, -0.1) is 16.2 Å². The van der Waals surface area contributed by atoms with E-state index in [2.05, 4.69) is 5.43 Å². The molecule has 0 unspecified atom stereocenters. The van der Waals surface area contributed by atoms with E-state index >= 15 is 0 Å². The van der Waals surface area contributed by atoms with Crippen LogP contribution in [0.2, 0.25) is 0 Å². The quantitative estimate of drug-likeness (QED) is 0.514. The maximum absolute atomic E-state index is 12.9. The number of thiophene rings is 1. The second kappa shape index (κ2) is 6.45. The van der Waals surface area contributed by atoms with Gasteiger partial charge in [0.05, 0.1) is 9.77 Å². The van der Waals surface area contributed by atoms with Gasteiger partial charge in [0.2, 0.25) is 0 Å². The number of nitrogens with zero attached hydrogens (tertiary/aromatic N) is 1. The van der Waals surface area contributed by atoms with Crippen molar-refractivity contribution in [2.24, 2.45) is 7.05 Å². The molecule has 0 aliphatic rings. The van der Waals surface area contributed by atoms with Gasteiger partial charge >= 0.3 is 0 Å². The molecule has 1 amide bonds. The number of sulfonamides is 1. The number of fused-ring (bicyclic) bond motifs is 3. The fourth-order valence-corrected chi connectivity index (χ4v) is 4.77. The number of aryl methyl sites for hydroxylation is 1. The molecule has 9 heteroatoms. The minimum Gasteiger partial charge on any atom is -0.335 e. The van der Waals surface area contributed by atoms with Crippen LogP contribution in [0.1, 0.15) is 9.67 Å². The highest BCUT2D eigenvalue weighted by Gasteiger charge is 2.19. The molecule has 0 bridgehead atoms. The molecule has 0 atom stereocenters. The van der Waals surface area contributed by atoms with Crippen molar-refractivity contribution in [2.75, 3.05) is 0 Å². The van der Waals surface area contributed by atoms with Gasteiger partial charge in [0.15, 0.2) is 0 Å². The van der Waals surface area contributed by atoms with Crippen molar-refractivity contribution in [1.29, 1.82) is 0 Å². The number of halogens is 1. The molecule has 27 heavy (non-hydrogen) atoms. The van der Waals surface area contributed by atoms with Crippen LogP contribution in [0.25, 0.3) is 21.1 Å². The molecule has 0 aliphatic heterocycles. The fraction of sp³-hybridized carbons (Fsp3) is 0.0556. The Hall–Kier alpha value is -2.75. The third-order valence-electron chi connectivity index (χ3n) is 4.22. The van der Waals surface area contributed by atoms with Crippen LogP contribution < -0.4 is 10.3 Å². The second-order valence-corrected chi connectivity index (χ2v) is 8.63. The van der Waals surface area contributed by atoms with Crippen LogP contribution in [0.5, 0.6) is 0 Å². The first-order chi connectivity index (χ1) is 12.9. The summed E-state index contributed by atoms with van der Waals surface area (Å²) in [6.45, 7) is 0. The summed E-state index contributed by atoms with van der Waals surface area (Å²) in [5.41, 5.74) is 3.26. The van der Waals surface area contributed by atoms with Gasteiger partial charge in [-0.1, -0.05) is 18.2 Å². The molecule has 2 aromatic carbocycles. The number of para-hydroxylation sites is 1. The van der Waals surface area contributed by atoms with Gasteiger partial charge in [-0.3, -0.25) is 10.2 Å². The molecule has 2 N–H and O–H groups in total. The van der Waals surface area contributed by atoms with Crippen LogP contribution in [0.15, 0.2) is 59.5 Å². The van der Waals surface area contributed by atoms with E-state index in [1.54, 1.807) is 6.07 Å². The number of amides is 1. The van der Waals surface area contributed by atoms with E-state index in [9.17, 15) is 17.6 Å². The summed E-state index contributed by atoms with van der Waals surface area (Å²) in [5, 5.41) is 1.96. The summed E-state index contributed by atoms with van der Waals surface area (Å²) in [4.78, 5) is 15.6. The number of hydrazine groups is 1. The lowest BCUT2D eigenvalue weighted by Crippen LogP contribution is -2.41. The average molecular weight is 403 g/mol.